The molecule has 3 heterocycles. The van der Waals surface area contributed by atoms with Gasteiger partial charge in [-0.25, -0.2) is 4.98 Å². The van der Waals surface area contributed by atoms with Crippen LogP contribution in [0.4, 0.5) is 5.13 Å². The van der Waals surface area contributed by atoms with Gasteiger partial charge in [0, 0.05) is 5.39 Å². The first-order valence-electron chi connectivity index (χ1n) is 11.7. The molecule has 0 saturated carbocycles. The molecular formula is C29H22N2O5S. The van der Waals surface area contributed by atoms with Gasteiger partial charge in [-0.05, 0) is 60.9 Å². The molecule has 0 saturated heterocycles. The average molecular weight is 511 g/mol. The number of thiazole rings is 1. The number of amides is 1. The van der Waals surface area contributed by atoms with Gasteiger partial charge in [-0.3, -0.25) is 14.5 Å². The Balaban J connectivity index is 1.53. The van der Waals surface area contributed by atoms with Crippen molar-refractivity contribution in [3.8, 4) is 5.75 Å². The van der Waals surface area contributed by atoms with E-state index in [9.17, 15) is 14.7 Å². The molecule has 0 spiro atoms. The van der Waals surface area contributed by atoms with Crippen LogP contribution in [0.3, 0.4) is 0 Å². The molecule has 37 heavy (non-hydrogen) atoms. The Morgan fingerprint density at radius 3 is 2.68 bits per heavy atom. The Bertz CT molecular complexity index is 1730. The molecule has 1 unspecified atom stereocenters. The van der Waals surface area contributed by atoms with Crippen LogP contribution in [0.25, 0.3) is 21.2 Å². The van der Waals surface area contributed by atoms with Crippen molar-refractivity contribution in [3.05, 3.63) is 101 Å². The summed E-state index contributed by atoms with van der Waals surface area (Å²) in [5.74, 6) is -1.28. The van der Waals surface area contributed by atoms with E-state index < -0.39 is 23.5 Å². The predicted molar refractivity (Wildman–Crippen MR) is 143 cm³/mol. The van der Waals surface area contributed by atoms with Crippen molar-refractivity contribution in [2.24, 2.45) is 0 Å². The number of carbonyl (C=O) groups excluding carboxylic acids is 2. The van der Waals surface area contributed by atoms with E-state index in [1.54, 1.807) is 43.5 Å². The summed E-state index contributed by atoms with van der Waals surface area (Å²) in [6, 6.07) is 19.1. The van der Waals surface area contributed by atoms with Crippen molar-refractivity contribution in [1.29, 1.82) is 0 Å². The van der Waals surface area contributed by atoms with E-state index in [0.29, 0.717) is 22.0 Å². The Labute approximate surface area is 216 Å². The first-order valence-corrected chi connectivity index (χ1v) is 12.5. The summed E-state index contributed by atoms with van der Waals surface area (Å²) in [5.41, 5.74) is 3.92. The SMILES string of the molecule is COc1cccc(C2C(C(=O)c3cc4ccccc4o3)=C(O)C(=O)N2c2nc3c(C)cc(C)cc3s2)c1. The highest BCUT2D eigenvalue weighted by Crippen LogP contribution is 2.45. The molecule has 184 valence electrons. The largest absolute Gasteiger partial charge is 0.503 e. The number of methoxy groups -OCH3 is 1. The molecule has 7 nitrogen and oxygen atoms in total. The number of aryl methyl sites for hydroxylation is 2. The molecule has 2 aromatic heterocycles. The number of fused-ring (bicyclic) bond motifs is 2. The van der Waals surface area contributed by atoms with Crippen LogP contribution in [0.5, 0.6) is 5.75 Å². The monoisotopic (exact) mass is 510 g/mol. The predicted octanol–water partition coefficient (Wildman–Crippen LogP) is 6.45. The molecule has 1 amide bonds. The fraction of sp³-hybridized carbons (Fsp3) is 0.138. The number of anilines is 1. The number of nitrogens with zero attached hydrogens (tertiary/aromatic N) is 2. The van der Waals surface area contributed by atoms with Gasteiger partial charge < -0.3 is 14.3 Å². The van der Waals surface area contributed by atoms with Crippen molar-refractivity contribution in [2.45, 2.75) is 19.9 Å². The van der Waals surface area contributed by atoms with E-state index in [2.05, 4.69) is 0 Å². The lowest BCUT2D eigenvalue weighted by Gasteiger charge is -2.24. The maximum atomic E-state index is 13.8. The Kier molecular flexibility index (Phi) is 5.35. The number of ketones is 1. The van der Waals surface area contributed by atoms with Crippen molar-refractivity contribution in [1.82, 2.24) is 4.98 Å². The van der Waals surface area contributed by atoms with Gasteiger partial charge >= 0.3 is 0 Å². The Hall–Kier alpha value is -4.43. The third-order valence-electron chi connectivity index (χ3n) is 6.54. The number of para-hydroxylation sites is 1. The molecule has 0 fully saturated rings. The highest BCUT2D eigenvalue weighted by molar-refractivity contribution is 7.22. The van der Waals surface area contributed by atoms with Gasteiger partial charge in [0.15, 0.2) is 16.7 Å². The summed E-state index contributed by atoms with van der Waals surface area (Å²) in [7, 11) is 1.54. The summed E-state index contributed by atoms with van der Waals surface area (Å²) in [6.07, 6.45) is 0. The van der Waals surface area contributed by atoms with Gasteiger partial charge in [-0.15, -0.1) is 0 Å². The van der Waals surface area contributed by atoms with E-state index in [1.807, 2.05) is 44.2 Å². The molecular weight excluding hydrogens is 488 g/mol. The molecule has 1 aliphatic rings. The zero-order chi connectivity index (χ0) is 25.8. The number of furan rings is 1. The van der Waals surface area contributed by atoms with Crippen LogP contribution in [-0.4, -0.2) is 28.9 Å². The van der Waals surface area contributed by atoms with Crippen LogP contribution >= 0.6 is 11.3 Å². The average Bonchev–Trinajstić information content (AvgIpc) is 3.58. The third kappa shape index (κ3) is 3.68. The number of Topliss-reactive ketones (excluding diaryl/α,β-unsaturated/α-hetero) is 1. The lowest BCUT2D eigenvalue weighted by molar-refractivity contribution is -0.117. The number of aliphatic hydroxyl groups is 1. The zero-order valence-corrected chi connectivity index (χ0v) is 21.1. The highest BCUT2D eigenvalue weighted by atomic mass is 32.1. The minimum absolute atomic E-state index is 0.0427. The van der Waals surface area contributed by atoms with E-state index in [1.165, 1.54) is 16.2 Å². The molecule has 1 N–H and O–H groups in total. The van der Waals surface area contributed by atoms with Gasteiger partial charge in [-0.2, -0.15) is 0 Å². The fourth-order valence-electron chi connectivity index (χ4n) is 4.85. The number of rotatable bonds is 5. The van der Waals surface area contributed by atoms with Crippen LogP contribution in [-0.2, 0) is 4.79 Å². The number of hydrogen-bond donors (Lipinski definition) is 1. The summed E-state index contributed by atoms with van der Waals surface area (Å²) < 4.78 is 12.1. The summed E-state index contributed by atoms with van der Waals surface area (Å²) in [6.45, 7) is 3.97. The minimum atomic E-state index is -0.926. The smallest absolute Gasteiger partial charge is 0.296 e. The van der Waals surface area contributed by atoms with Crippen LogP contribution in [0.1, 0.15) is 33.3 Å². The fourth-order valence-corrected chi connectivity index (χ4v) is 6.02. The van der Waals surface area contributed by atoms with Crippen molar-refractivity contribution in [3.63, 3.8) is 0 Å². The van der Waals surface area contributed by atoms with Crippen LogP contribution in [0.2, 0.25) is 0 Å². The lowest BCUT2D eigenvalue weighted by atomic mass is 9.95. The second kappa shape index (κ2) is 8.60. The number of carbonyl (C=O) groups is 2. The van der Waals surface area contributed by atoms with Crippen molar-refractivity contribution < 1.29 is 23.8 Å². The first kappa shape index (κ1) is 23.0. The van der Waals surface area contributed by atoms with E-state index >= 15 is 0 Å². The topological polar surface area (TPSA) is 92.9 Å². The van der Waals surface area contributed by atoms with Crippen LogP contribution in [0.15, 0.2) is 82.5 Å². The number of aromatic nitrogens is 1. The molecule has 6 rings (SSSR count). The molecule has 5 aromatic rings. The van der Waals surface area contributed by atoms with Crippen LogP contribution < -0.4 is 9.64 Å². The van der Waals surface area contributed by atoms with E-state index in [0.717, 1.165) is 26.7 Å². The van der Waals surface area contributed by atoms with Crippen molar-refractivity contribution in [2.75, 3.05) is 12.0 Å². The number of aliphatic hydroxyl groups excluding tert-OH is 1. The molecule has 0 radical (unpaired) electrons. The second-order valence-corrected chi connectivity index (χ2v) is 10.0. The standard InChI is InChI=1S/C29H22N2O5S/c1-15-11-16(2)24-22(12-15)37-29(30-24)31-25(18-8-6-9-19(13-18)35-3)23(27(33)28(31)34)26(32)21-14-17-7-4-5-10-20(17)36-21/h4-14,25,33H,1-3H3. The molecule has 0 bridgehead atoms. The maximum Gasteiger partial charge on any atom is 0.296 e. The zero-order valence-electron chi connectivity index (χ0n) is 20.3. The second-order valence-electron chi connectivity index (χ2n) is 9.02. The maximum absolute atomic E-state index is 13.8. The highest BCUT2D eigenvalue weighted by Gasteiger charge is 2.46. The van der Waals surface area contributed by atoms with Gasteiger partial charge in [0.2, 0.25) is 5.78 Å². The summed E-state index contributed by atoms with van der Waals surface area (Å²) in [4.78, 5) is 33.5. The normalized spacial score (nSPS) is 15.8. The summed E-state index contributed by atoms with van der Waals surface area (Å²) in [5, 5.41) is 12.2. The molecule has 1 atom stereocenters. The molecule has 1 aliphatic heterocycles. The van der Waals surface area contributed by atoms with E-state index in [-0.39, 0.29) is 11.3 Å². The van der Waals surface area contributed by atoms with Gasteiger partial charge in [0.25, 0.3) is 5.91 Å². The Morgan fingerprint density at radius 2 is 1.89 bits per heavy atom. The minimum Gasteiger partial charge on any atom is -0.503 e. The first-order chi connectivity index (χ1) is 17.9. The summed E-state index contributed by atoms with van der Waals surface area (Å²) >= 11 is 1.34. The van der Waals surface area contributed by atoms with Gasteiger partial charge in [0.05, 0.1) is 28.9 Å². The lowest BCUT2D eigenvalue weighted by Crippen LogP contribution is -2.31. The van der Waals surface area contributed by atoms with E-state index in [4.69, 9.17) is 14.1 Å². The molecule has 0 aliphatic carbocycles. The quantitative estimate of drug-likeness (QED) is 0.273. The number of hydrogen-bond acceptors (Lipinski definition) is 7. The van der Waals surface area contributed by atoms with Crippen molar-refractivity contribution >= 4 is 49.3 Å². The third-order valence-corrected chi connectivity index (χ3v) is 7.54. The Morgan fingerprint density at radius 1 is 1.08 bits per heavy atom. The molecule has 8 heteroatoms. The molecule has 3 aromatic carbocycles. The van der Waals surface area contributed by atoms with Gasteiger partial charge in [-0.1, -0.05) is 47.7 Å². The number of ether oxygens (including phenoxy) is 1. The van der Waals surface area contributed by atoms with Crippen LogP contribution in [0, 0.1) is 13.8 Å². The number of benzene rings is 3. The van der Waals surface area contributed by atoms with Gasteiger partial charge in [0.1, 0.15) is 11.3 Å².